The van der Waals surface area contributed by atoms with Crippen LogP contribution in [0.1, 0.15) is 12.7 Å². The van der Waals surface area contributed by atoms with Crippen molar-refractivity contribution in [3.05, 3.63) is 42.2 Å². The molecule has 22 heavy (non-hydrogen) atoms. The first-order valence-corrected chi connectivity index (χ1v) is 7.07. The number of hydrogen-bond donors (Lipinski definition) is 1. The maximum Gasteiger partial charge on any atom is 0.325 e. The van der Waals surface area contributed by atoms with Crippen molar-refractivity contribution in [3.63, 3.8) is 0 Å². The van der Waals surface area contributed by atoms with E-state index in [-0.39, 0.29) is 18.4 Å². The van der Waals surface area contributed by atoms with E-state index < -0.39 is 0 Å². The molecule has 0 saturated carbocycles. The van der Waals surface area contributed by atoms with Crippen LogP contribution in [0.3, 0.4) is 0 Å². The van der Waals surface area contributed by atoms with Crippen molar-refractivity contribution in [1.82, 2.24) is 14.9 Å². The lowest BCUT2D eigenvalue weighted by atomic mass is 10.3. The summed E-state index contributed by atoms with van der Waals surface area (Å²) in [5.41, 5.74) is 1.70. The van der Waals surface area contributed by atoms with Gasteiger partial charge in [0.25, 0.3) is 0 Å². The Morgan fingerprint density at radius 3 is 2.86 bits per heavy atom. The van der Waals surface area contributed by atoms with Gasteiger partial charge in [-0.2, -0.15) is 0 Å². The highest BCUT2D eigenvalue weighted by Gasteiger charge is 2.13. The summed E-state index contributed by atoms with van der Waals surface area (Å²) in [4.78, 5) is 27.5. The average molecular weight is 301 g/mol. The predicted octanol–water partition coefficient (Wildman–Crippen LogP) is 1.44. The summed E-state index contributed by atoms with van der Waals surface area (Å²) in [6, 6.07) is 7.60. The van der Waals surface area contributed by atoms with Crippen LogP contribution in [0.15, 0.2) is 36.4 Å². The first-order chi connectivity index (χ1) is 10.7. The lowest BCUT2D eigenvalue weighted by molar-refractivity contribution is -0.141. The number of aromatic nitrogens is 2. The standard InChI is InChI=1S/C16H19N3O3/c1-3-6-15(20)17-10-9-14-18-12-7-4-5-8-13(12)19(14)11-16(21)22-2/h3-8H,9-11H2,1-2H3,(H,17,20)/b6-3+. The highest BCUT2D eigenvalue weighted by molar-refractivity contribution is 5.87. The van der Waals surface area contributed by atoms with Crippen LogP contribution >= 0.6 is 0 Å². The molecular formula is C16H19N3O3. The first-order valence-electron chi connectivity index (χ1n) is 7.07. The molecule has 1 N–H and O–H groups in total. The van der Waals surface area contributed by atoms with Crippen molar-refractivity contribution < 1.29 is 14.3 Å². The van der Waals surface area contributed by atoms with Crippen LogP contribution in [0.2, 0.25) is 0 Å². The van der Waals surface area contributed by atoms with E-state index in [9.17, 15) is 9.59 Å². The van der Waals surface area contributed by atoms with Gasteiger partial charge in [-0.15, -0.1) is 0 Å². The van der Waals surface area contributed by atoms with E-state index in [0.29, 0.717) is 13.0 Å². The number of rotatable bonds is 6. The van der Waals surface area contributed by atoms with Crippen LogP contribution in [0.25, 0.3) is 11.0 Å². The molecule has 0 unspecified atom stereocenters. The highest BCUT2D eigenvalue weighted by Crippen LogP contribution is 2.16. The molecule has 0 atom stereocenters. The lowest BCUT2D eigenvalue weighted by Gasteiger charge is -2.08. The van der Waals surface area contributed by atoms with Crippen LogP contribution in [0, 0.1) is 0 Å². The van der Waals surface area contributed by atoms with E-state index in [1.165, 1.54) is 13.2 Å². The molecule has 0 aliphatic carbocycles. The van der Waals surface area contributed by atoms with Crippen molar-refractivity contribution in [2.24, 2.45) is 0 Å². The number of carbonyl (C=O) groups is 2. The molecule has 2 rings (SSSR count). The molecule has 1 amide bonds. The summed E-state index contributed by atoms with van der Waals surface area (Å²) in [7, 11) is 1.36. The Balaban J connectivity index is 2.18. The second-order valence-electron chi connectivity index (χ2n) is 4.72. The number of fused-ring (bicyclic) bond motifs is 1. The topological polar surface area (TPSA) is 73.2 Å². The van der Waals surface area contributed by atoms with E-state index in [1.807, 2.05) is 28.8 Å². The SMILES string of the molecule is C/C=C/C(=O)NCCc1nc2ccccc2n1CC(=O)OC. The number of carbonyl (C=O) groups excluding carboxylic acids is 2. The van der Waals surface area contributed by atoms with Gasteiger partial charge in [0.15, 0.2) is 0 Å². The molecule has 6 nitrogen and oxygen atoms in total. The Labute approximate surface area is 128 Å². The molecule has 0 aliphatic rings. The Kier molecular flexibility index (Phi) is 5.30. The van der Waals surface area contributed by atoms with E-state index >= 15 is 0 Å². The van der Waals surface area contributed by atoms with Crippen LogP contribution in [0.4, 0.5) is 0 Å². The summed E-state index contributed by atoms with van der Waals surface area (Å²) in [6.07, 6.45) is 3.69. The summed E-state index contributed by atoms with van der Waals surface area (Å²) in [6.45, 7) is 2.35. The first kappa shape index (κ1) is 15.8. The van der Waals surface area contributed by atoms with Crippen LogP contribution < -0.4 is 5.32 Å². The van der Waals surface area contributed by atoms with Crippen LogP contribution in [-0.2, 0) is 27.3 Å². The number of methoxy groups -OCH3 is 1. The smallest absolute Gasteiger partial charge is 0.325 e. The Morgan fingerprint density at radius 2 is 2.14 bits per heavy atom. The van der Waals surface area contributed by atoms with Gasteiger partial charge in [0.2, 0.25) is 5.91 Å². The minimum absolute atomic E-state index is 0.106. The van der Waals surface area contributed by atoms with Gasteiger partial charge in [0.1, 0.15) is 12.4 Å². The molecule has 0 radical (unpaired) electrons. The third kappa shape index (κ3) is 3.72. The predicted molar refractivity (Wildman–Crippen MR) is 83.3 cm³/mol. The average Bonchev–Trinajstić information content (AvgIpc) is 2.85. The zero-order chi connectivity index (χ0) is 15.9. The fourth-order valence-electron chi connectivity index (χ4n) is 2.19. The number of ether oxygens (including phenoxy) is 1. The van der Waals surface area contributed by atoms with Gasteiger partial charge in [0.05, 0.1) is 18.1 Å². The van der Waals surface area contributed by atoms with Crippen molar-refractivity contribution >= 4 is 22.9 Å². The van der Waals surface area contributed by atoms with E-state index in [4.69, 9.17) is 4.74 Å². The molecular weight excluding hydrogens is 282 g/mol. The number of hydrogen-bond acceptors (Lipinski definition) is 4. The molecule has 1 aromatic carbocycles. The quantitative estimate of drug-likeness (QED) is 0.647. The Hall–Kier alpha value is -2.63. The summed E-state index contributed by atoms with van der Waals surface area (Å²) < 4.78 is 6.56. The lowest BCUT2D eigenvalue weighted by Crippen LogP contribution is -2.25. The molecule has 116 valence electrons. The van der Waals surface area contributed by atoms with Gasteiger partial charge in [-0.1, -0.05) is 18.2 Å². The van der Waals surface area contributed by atoms with Gasteiger partial charge in [-0.3, -0.25) is 9.59 Å². The number of nitrogens with zero attached hydrogens (tertiary/aromatic N) is 2. The monoisotopic (exact) mass is 301 g/mol. The van der Waals surface area contributed by atoms with E-state index in [0.717, 1.165) is 16.9 Å². The summed E-state index contributed by atoms with van der Waals surface area (Å²) in [5.74, 6) is 0.271. The van der Waals surface area contributed by atoms with Gasteiger partial charge in [-0.05, 0) is 25.1 Å². The molecule has 0 fully saturated rings. The largest absolute Gasteiger partial charge is 0.468 e. The van der Waals surface area contributed by atoms with Gasteiger partial charge in [-0.25, -0.2) is 4.98 Å². The van der Waals surface area contributed by atoms with Crippen molar-refractivity contribution in [3.8, 4) is 0 Å². The maximum absolute atomic E-state index is 11.6. The zero-order valence-electron chi connectivity index (χ0n) is 12.7. The van der Waals surface area contributed by atoms with Gasteiger partial charge in [0, 0.05) is 13.0 Å². The number of allylic oxidation sites excluding steroid dienone is 1. The second kappa shape index (κ2) is 7.40. The number of esters is 1. The van der Waals surface area contributed by atoms with Gasteiger partial charge >= 0.3 is 5.97 Å². The molecule has 1 heterocycles. The fraction of sp³-hybridized carbons (Fsp3) is 0.312. The fourth-order valence-corrected chi connectivity index (χ4v) is 2.19. The summed E-state index contributed by atoms with van der Waals surface area (Å²) >= 11 is 0. The van der Waals surface area contributed by atoms with E-state index in [2.05, 4.69) is 10.3 Å². The molecule has 0 spiro atoms. The number of nitrogens with one attached hydrogen (secondary N) is 1. The number of amides is 1. The third-order valence-electron chi connectivity index (χ3n) is 3.21. The van der Waals surface area contributed by atoms with E-state index in [1.54, 1.807) is 13.0 Å². The molecule has 6 heteroatoms. The third-order valence-corrected chi connectivity index (χ3v) is 3.21. The zero-order valence-corrected chi connectivity index (χ0v) is 12.7. The Bertz CT molecular complexity index is 704. The molecule has 1 aromatic heterocycles. The molecule has 0 aliphatic heterocycles. The van der Waals surface area contributed by atoms with Gasteiger partial charge < -0.3 is 14.6 Å². The Morgan fingerprint density at radius 1 is 1.36 bits per heavy atom. The molecule has 0 bridgehead atoms. The van der Waals surface area contributed by atoms with Crippen molar-refractivity contribution in [2.45, 2.75) is 19.9 Å². The van der Waals surface area contributed by atoms with Crippen LogP contribution in [-0.4, -0.2) is 35.1 Å². The highest BCUT2D eigenvalue weighted by atomic mass is 16.5. The minimum atomic E-state index is -0.331. The second-order valence-corrected chi connectivity index (χ2v) is 4.72. The number of imidazole rings is 1. The van der Waals surface area contributed by atoms with Crippen molar-refractivity contribution in [1.29, 1.82) is 0 Å². The van der Waals surface area contributed by atoms with Crippen molar-refractivity contribution in [2.75, 3.05) is 13.7 Å². The van der Waals surface area contributed by atoms with Crippen LogP contribution in [0.5, 0.6) is 0 Å². The normalized spacial score (nSPS) is 11.0. The number of benzene rings is 1. The minimum Gasteiger partial charge on any atom is -0.468 e. The maximum atomic E-state index is 11.6. The number of para-hydroxylation sites is 2. The molecule has 2 aromatic rings. The summed E-state index contributed by atoms with van der Waals surface area (Å²) in [5, 5.41) is 2.78. The molecule has 0 saturated heterocycles.